The average molecular weight is 396 g/mol. The molecule has 0 radical (unpaired) electrons. The van der Waals surface area contributed by atoms with E-state index in [1.807, 2.05) is 74.7 Å². The second-order valence-corrected chi connectivity index (χ2v) is 7.98. The van der Waals surface area contributed by atoms with Crippen molar-refractivity contribution in [3.63, 3.8) is 0 Å². The van der Waals surface area contributed by atoms with Gasteiger partial charge in [-0.2, -0.15) is 0 Å². The predicted molar refractivity (Wildman–Crippen MR) is 113 cm³/mol. The van der Waals surface area contributed by atoms with Crippen LogP contribution in [0, 0.1) is 13.8 Å². The zero-order chi connectivity index (χ0) is 20.3. The van der Waals surface area contributed by atoms with Gasteiger partial charge >= 0.3 is 0 Å². The lowest BCUT2D eigenvalue weighted by molar-refractivity contribution is 0.0993. The Bertz CT molecular complexity index is 997. The van der Waals surface area contributed by atoms with E-state index in [9.17, 15) is 4.79 Å². The van der Waals surface area contributed by atoms with Crippen molar-refractivity contribution in [1.82, 2.24) is 14.8 Å². The van der Waals surface area contributed by atoms with Gasteiger partial charge in [-0.3, -0.25) is 4.79 Å². The molecular weight excluding hydrogens is 370 g/mol. The van der Waals surface area contributed by atoms with E-state index in [0.717, 1.165) is 33.4 Å². The van der Waals surface area contributed by atoms with Crippen molar-refractivity contribution < 1.29 is 9.53 Å². The molecule has 3 rings (SSSR count). The number of aryl methyl sites for hydroxylation is 2. The van der Waals surface area contributed by atoms with E-state index in [4.69, 9.17) is 4.74 Å². The summed E-state index contributed by atoms with van der Waals surface area (Å²) in [4.78, 5) is 12.9. The Morgan fingerprint density at radius 2 is 1.89 bits per heavy atom. The van der Waals surface area contributed by atoms with E-state index in [2.05, 4.69) is 10.2 Å². The largest absolute Gasteiger partial charge is 0.496 e. The summed E-state index contributed by atoms with van der Waals surface area (Å²) in [7, 11) is 1.64. The van der Waals surface area contributed by atoms with Gasteiger partial charge in [0.15, 0.2) is 16.8 Å². The van der Waals surface area contributed by atoms with E-state index in [1.165, 1.54) is 17.3 Å². The number of ketones is 1. The maximum atomic E-state index is 12.9. The fourth-order valence-corrected chi connectivity index (χ4v) is 4.02. The van der Waals surface area contributed by atoms with Crippen molar-refractivity contribution in [2.24, 2.45) is 0 Å². The van der Waals surface area contributed by atoms with Crippen LogP contribution >= 0.6 is 11.8 Å². The van der Waals surface area contributed by atoms with Gasteiger partial charge in [0, 0.05) is 12.1 Å². The third-order valence-corrected chi connectivity index (χ3v) is 5.90. The second kappa shape index (κ2) is 8.61. The van der Waals surface area contributed by atoms with Crippen molar-refractivity contribution in [3.8, 4) is 17.1 Å². The van der Waals surface area contributed by atoms with Crippen LogP contribution in [0.3, 0.4) is 0 Å². The first-order valence-electron chi connectivity index (χ1n) is 9.31. The Morgan fingerprint density at radius 1 is 1.14 bits per heavy atom. The molecule has 5 nitrogen and oxygen atoms in total. The molecule has 0 N–H and O–H groups in total. The van der Waals surface area contributed by atoms with Gasteiger partial charge in [0.25, 0.3) is 0 Å². The Labute approximate surface area is 170 Å². The molecule has 0 fully saturated rings. The molecule has 3 aromatic rings. The number of methoxy groups -OCH3 is 1. The fraction of sp³-hybridized carbons (Fsp3) is 0.318. The van der Waals surface area contributed by atoms with Crippen molar-refractivity contribution in [3.05, 3.63) is 59.2 Å². The van der Waals surface area contributed by atoms with Gasteiger partial charge in [-0.25, -0.2) is 0 Å². The quantitative estimate of drug-likeness (QED) is 0.418. The predicted octanol–water partition coefficient (Wildman–Crippen LogP) is 4.95. The minimum atomic E-state index is -0.262. The summed E-state index contributed by atoms with van der Waals surface area (Å²) < 4.78 is 7.48. The topological polar surface area (TPSA) is 57.0 Å². The van der Waals surface area contributed by atoms with Crippen LogP contribution in [0.2, 0.25) is 0 Å². The summed E-state index contributed by atoms with van der Waals surface area (Å²) in [6, 6.07) is 13.6. The molecule has 0 bridgehead atoms. The Hall–Kier alpha value is -2.60. The lowest BCUT2D eigenvalue weighted by Gasteiger charge is -2.13. The molecule has 0 saturated heterocycles. The molecule has 0 aliphatic rings. The number of rotatable bonds is 7. The van der Waals surface area contributed by atoms with E-state index in [-0.39, 0.29) is 11.0 Å². The maximum absolute atomic E-state index is 12.9. The molecule has 1 atom stereocenters. The summed E-state index contributed by atoms with van der Waals surface area (Å²) in [5.74, 6) is 1.59. The molecule has 146 valence electrons. The zero-order valence-corrected chi connectivity index (χ0v) is 17.7. The number of benzene rings is 2. The van der Waals surface area contributed by atoms with Crippen LogP contribution in [0.15, 0.2) is 47.6 Å². The van der Waals surface area contributed by atoms with Crippen molar-refractivity contribution in [2.75, 3.05) is 7.11 Å². The first-order chi connectivity index (χ1) is 13.5. The Kier molecular flexibility index (Phi) is 6.19. The third-order valence-electron chi connectivity index (χ3n) is 4.82. The Morgan fingerprint density at radius 3 is 2.57 bits per heavy atom. The third kappa shape index (κ3) is 3.97. The second-order valence-electron chi connectivity index (χ2n) is 6.67. The monoisotopic (exact) mass is 395 g/mol. The van der Waals surface area contributed by atoms with Crippen LogP contribution in [0.1, 0.15) is 35.3 Å². The van der Waals surface area contributed by atoms with Crippen molar-refractivity contribution in [2.45, 2.75) is 44.6 Å². The number of hydrogen-bond donors (Lipinski definition) is 0. The van der Waals surface area contributed by atoms with Gasteiger partial charge in [0.2, 0.25) is 0 Å². The number of Topliss-reactive ketones (excluding diaryl/α,β-unsaturated/α-hetero) is 1. The van der Waals surface area contributed by atoms with Gasteiger partial charge in [-0.05, 0) is 57.0 Å². The van der Waals surface area contributed by atoms with Gasteiger partial charge in [-0.1, -0.05) is 36.0 Å². The van der Waals surface area contributed by atoms with Crippen LogP contribution in [0.25, 0.3) is 11.4 Å². The van der Waals surface area contributed by atoms with Gasteiger partial charge in [0.05, 0.1) is 17.9 Å². The standard InChI is InChI=1S/C22H25N3O2S/c1-6-25-21(18-9-7-8-10-19(18)27-5)23-24-22(25)28-16(4)20(26)17-12-11-14(2)15(3)13-17/h7-13,16H,6H2,1-5H3. The number of ether oxygens (including phenoxy) is 1. The van der Waals surface area contributed by atoms with Crippen LogP contribution in [-0.2, 0) is 6.54 Å². The molecule has 6 heteroatoms. The lowest BCUT2D eigenvalue weighted by Crippen LogP contribution is -2.15. The van der Waals surface area contributed by atoms with E-state index in [0.29, 0.717) is 6.54 Å². The van der Waals surface area contributed by atoms with Crippen LogP contribution in [0.5, 0.6) is 5.75 Å². The minimum absolute atomic E-state index is 0.0950. The van der Waals surface area contributed by atoms with Crippen LogP contribution < -0.4 is 4.74 Å². The highest BCUT2D eigenvalue weighted by Gasteiger charge is 2.22. The minimum Gasteiger partial charge on any atom is -0.496 e. The highest BCUT2D eigenvalue weighted by molar-refractivity contribution is 8.00. The molecular formula is C22H25N3O2S. The first-order valence-corrected chi connectivity index (χ1v) is 10.2. The normalized spacial score (nSPS) is 12.0. The number of para-hydroxylation sites is 1. The number of hydrogen-bond acceptors (Lipinski definition) is 5. The molecule has 0 aliphatic heterocycles. The van der Waals surface area contributed by atoms with E-state index >= 15 is 0 Å². The molecule has 28 heavy (non-hydrogen) atoms. The fourth-order valence-electron chi connectivity index (χ4n) is 3.03. The van der Waals surface area contributed by atoms with E-state index < -0.39 is 0 Å². The molecule has 0 aliphatic carbocycles. The summed E-state index contributed by atoms with van der Waals surface area (Å²) in [6.45, 7) is 8.73. The van der Waals surface area contributed by atoms with Crippen molar-refractivity contribution >= 4 is 17.5 Å². The molecule has 1 heterocycles. The molecule has 1 aromatic heterocycles. The summed E-state index contributed by atoms with van der Waals surface area (Å²) in [5, 5.41) is 9.20. The van der Waals surface area contributed by atoms with Crippen LogP contribution in [-0.4, -0.2) is 32.9 Å². The van der Waals surface area contributed by atoms with Crippen molar-refractivity contribution in [1.29, 1.82) is 0 Å². The molecule has 0 saturated carbocycles. The summed E-state index contributed by atoms with van der Waals surface area (Å²) >= 11 is 1.44. The zero-order valence-electron chi connectivity index (χ0n) is 16.9. The first kappa shape index (κ1) is 20.1. The number of aromatic nitrogens is 3. The Balaban J connectivity index is 1.87. The summed E-state index contributed by atoms with van der Waals surface area (Å²) in [5.41, 5.74) is 3.93. The molecule has 1 unspecified atom stereocenters. The maximum Gasteiger partial charge on any atom is 0.192 e. The molecule has 0 amide bonds. The highest BCUT2D eigenvalue weighted by atomic mass is 32.2. The number of thioether (sulfide) groups is 1. The molecule has 0 spiro atoms. The van der Waals surface area contributed by atoms with Crippen LogP contribution in [0.4, 0.5) is 0 Å². The summed E-state index contributed by atoms with van der Waals surface area (Å²) in [6.07, 6.45) is 0. The number of carbonyl (C=O) groups excluding carboxylic acids is 1. The van der Waals surface area contributed by atoms with Gasteiger partial charge in [0.1, 0.15) is 5.75 Å². The average Bonchev–Trinajstić information content (AvgIpc) is 3.11. The number of nitrogens with zero attached hydrogens (tertiary/aromatic N) is 3. The van der Waals surface area contributed by atoms with E-state index in [1.54, 1.807) is 7.11 Å². The van der Waals surface area contributed by atoms with Gasteiger partial charge in [-0.15, -0.1) is 10.2 Å². The SMILES string of the molecule is CCn1c(SC(C)C(=O)c2ccc(C)c(C)c2)nnc1-c1ccccc1OC. The number of carbonyl (C=O) groups is 1. The smallest absolute Gasteiger partial charge is 0.192 e. The van der Waals surface area contributed by atoms with Gasteiger partial charge < -0.3 is 9.30 Å². The molecule has 2 aromatic carbocycles. The lowest BCUT2D eigenvalue weighted by atomic mass is 10.0. The highest BCUT2D eigenvalue weighted by Crippen LogP contribution is 2.32.